The van der Waals surface area contributed by atoms with Crippen molar-refractivity contribution in [3.8, 4) is 0 Å². The molecule has 0 bridgehead atoms. The quantitative estimate of drug-likeness (QED) is 0.188. The summed E-state index contributed by atoms with van der Waals surface area (Å²) >= 11 is 0. The van der Waals surface area contributed by atoms with Gasteiger partial charge in [-0.05, 0) is 12.8 Å². The van der Waals surface area contributed by atoms with Crippen LogP contribution in [0.1, 0.15) is 26.2 Å². The summed E-state index contributed by atoms with van der Waals surface area (Å²) in [4.78, 5) is 4.12. The molecule has 0 unspecified atom stereocenters. The van der Waals surface area contributed by atoms with Crippen molar-refractivity contribution in [2.24, 2.45) is 10.8 Å². The number of nitrogens with two attached hydrogens (primary N) is 1. The number of guanidine groups is 1. The predicted octanol–water partition coefficient (Wildman–Crippen LogP) is -0.370. The smallest absolute Gasteiger partial charge is 0.205 e. The summed E-state index contributed by atoms with van der Waals surface area (Å²) in [5, 5.41) is 3.03. The van der Waals surface area contributed by atoms with Crippen LogP contribution in [-0.2, 0) is 9.84 Å². The Balaban J connectivity index is 3.80. The monoisotopic (exact) mass is 250 g/mol. The van der Waals surface area contributed by atoms with Gasteiger partial charge in [0.15, 0.2) is 0 Å². The maximum Gasteiger partial charge on any atom is 0.205 e. The van der Waals surface area contributed by atoms with Crippen LogP contribution in [0.5, 0.6) is 0 Å². The van der Waals surface area contributed by atoms with E-state index in [1.807, 2.05) is 0 Å². The molecule has 0 aromatic rings. The molecule has 0 aromatic heterocycles. The minimum absolute atomic E-state index is 0.156. The lowest BCUT2D eigenvalue weighted by molar-refractivity contribution is 0.599. The highest BCUT2D eigenvalue weighted by molar-refractivity contribution is 7.90. The van der Waals surface area contributed by atoms with Gasteiger partial charge in [0.1, 0.15) is 9.84 Å². The fraction of sp³-hybridized carbons (Fsp3) is 0.889. The van der Waals surface area contributed by atoms with E-state index in [1.165, 1.54) is 6.26 Å². The van der Waals surface area contributed by atoms with Crippen molar-refractivity contribution in [2.75, 3.05) is 25.1 Å². The van der Waals surface area contributed by atoms with Gasteiger partial charge in [-0.15, -0.1) is 0 Å². The lowest BCUT2D eigenvalue weighted by Crippen LogP contribution is -2.42. The van der Waals surface area contributed by atoms with Crippen molar-refractivity contribution in [3.05, 3.63) is 0 Å². The second-order valence-electron chi connectivity index (χ2n) is 3.64. The number of hydrogen-bond donors (Lipinski definition) is 3. The zero-order valence-electron chi connectivity index (χ0n) is 9.99. The number of aliphatic imine (C=N–C) groups is 1. The van der Waals surface area contributed by atoms with Crippen molar-refractivity contribution < 1.29 is 8.42 Å². The summed E-state index contributed by atoms with van der Waals surface area (Å²) in [5.74, 6) is 5.93. The summed E-state index contributed by atoms with van der Waals surface area (Å²) in [6, 6.07) is 0. The van der Waals surface area contributed by atoms with Gasteiger partial charge in [0.2, 0.25) is 5.96 Å². The van der Waals surface area contributed by atoms with Crippen LogP contribution in [0.2, 0.25) is 0 Å². The molecule has 6 nitrogen and oxygen atoms in total. The van der Waals surface area contributed by atoms with E-state index in [2.05, 4.69) is 22.7 Å². The summed E-state index contributed by atoms with van der Waals surface area (Å²) in [7, 11) is -2.89. The predicted molar refractivity (Wildman–Crippen MR) is 66.9 cm³/mol. The molecule has 0 amide bonds. The van der Waals surface area contributed by atoms with Gasteiger partial charge in [0.05, 0.1) is 5.75 Å². The number of hydrogen-bond acceptors (Lipinski definition) is 4. The lowest BCUT2D eigenvalue weighted by atomic mass is 10.3. The summed E-state index contributed by atoms with van der Waals surface area (Å²) in [5.41, 5.74) is 2.45. The number of nitrogens with one attached hydrogen (secondary N) is 2. The van der Waals surface area contributed by atoms with E-state index < -0.39 is 9.84 Å². The van der Waals surface area contributed by atoms with E-state index in [0.717, 1.165) is 19.4 Å². The first-order valence-electron chi connectivity index (χ1n) is 5.42. The maximum absolute atomic E-state index is 10.9. The lowest BCUT2D eigenvalue weighted by Gasteiger charge is -2.08. The molecule has 16 heavy (non-hydrogen) atoms. The van der Waals surface area contributed by atoms with Gasteiger partial charge in [-0.2, -0.15) is 0 Å². The average Bonchev–Trinajstić information content (AvgIpc) is 2.20. The normalized spacial score (nSPS) is 12.6. The van der Waals surface area contributed by atoms with Crippen LogP contribution in [0, 0.1) is 0 Å². The van der Waals surface area contributed by atoms with Gasteiger partial charge in [-0.1, -0.05) is 13.3 Å². The van der Waals surface area contributed by atoms with Crippen molar-refractivity contribution >= 4 is 15.8 Å². The van der Waals surface area contributed by atoms with Gasteiger partial charge in [-0.3, -0.25) is 10.4 Å². The Morgan fingerprint density at radius 2 is 2.06 bits per heavy atom. The highest BCUT2D eigenvalue weighted by Crippen LogP contribution is 1.89. The van der Waals surface area contributed by atoms with Crippen LogP contribution in [0.25, 0.3) is 0 Å². The Kier molecular flexibility index (Phi) is 7.92. The molecular weight excluding hydrogens is 228 g/mol. The molecule has 0 spiro atoms. The van der Waals surface area contributed by atoms with Crippen molar-refractivity contribution in [1.29, 1.82) is 0 Å². The zero-order chi connectivity index (χ0) is 12.4. The molecule has 0 heterocycles. The van der Waals surface area contributed by atoms with E-state index in [1.54, 1.807) is 0 Å². The van der Waals surface area contributed by atoms with Crippen LogP contribution in [-0.4, -0.2) is 39.5 Å². The van der Waals surface area contributed by atoms with Crippen LogP contribution in [0.15, 0.2) is 4.99 Å². The molecule has 0 aliphatic rings. The Labute approximate surface area is 97.6 Å². The maximum atomic E-state index is 10.9. The molecule has 0 radical (unpaired) electrons. The molecule has 0 aliphatic carbocycles. The van der Waals surface area contributed by atoms with Gasteiger partial charge in [0.25, 0.3) is 0 Å². The fourth-order valence-electron chi connectivity index (χ4n) is 1.05. The highest BCUT2D eigenvalue weighted by Gasteiger charge is 2.00. The molecule has 0 aliphatic heterocycles. The molecule has 7 heteroatoms. The molecule has 0 fully saturated rings. The number of hydrazine groups is 1. The average molecular weight is 250 g/mol. The minimum atomic E-state index is -2.89. The van der Waals surface area contributed by atoms with Crippen LogP contribution in [0.4, 0.5) is 0 Å². The first-order valence-corrected chi connectivity index (χ1v) is 7.48. The number of sulfone groups is 1. The molecular formula is C9H22N4O2S. The van der Waals surface area contributed by atoms with E-state index in [0.29, 0.717) is 18.9 Å². The van der Waals surface area contributed by atoms with Gasteiger partial charge in [-0.25, -0.2) is 14.3 Å². The van der Waals surface area contributed by atoms with E-state index in [9.17, 15) is 8.42 Å². The Hall–Kier alpha value is -0.820. The number of rotatable bonds is 7. The molecule has 4 N–H and O–H groups in total. The van der Waals surface area contributed by atoms with Crippen molar-refractivity contribution in [3.63, 3.8) is 0 Å². The molecule has 0 saturated carbocycles. The first-order chi connectivity index (χ1) is 7.49. The number of unbranched alkanes of at least 4 members (excludes halogenated alkanes) is 1. The van der Waals surface area contributed by atoms with Crippen molar-refractivity contribution in [1.82, 2.24) is 10.7 Å². The molecule has 0 rings (SSSR count). The molecule has 0 saturated heterocycles. The highest BCUT2D eigenvalue weighted by atomic mass is 32.2. The molecule has 0 atom stereocenters. The van der Waals surface area contributed by atoms with Gasteiger partial charge < -0.3 is 5.32 Å². The van der Waals surface area contributed by atoms with Gasteiger partial charge in [0, 0.05) is 19.3 Å². The second kappa shape index (κ2) is 8.35. The van der Waals surface area contributed by atoms with Gasteiger partial charge >= 0.3 is 0 Å². The summed E-state index contributed by atoms with van der Waals surface area (Å²) in [6.07, 6.45) is 3.88. The Morgan fingerprint density at radius 1 is 1.38 bits per heavy atom. The van der Waals surface area contributed by atoms with E-state index in [4.69, 9.17) is 5.84 Å². The van der Waals surface area contributed by atoms with Crippen LogP contribution < -0.4 is 16.6 Å². The molecule has 96 valence electrons. The standard InChI is InChI=1S/C9H22N4O2S/c1-3-4-6-11-9(13-10)12-7-5-8-16(2,14)15/h3-8,10H2,1-2H3,(H2,11,12,13). The zero-order valence-corrected chi connectivity index (χ0v) is 10.8. The molecule has 0 aromatic carbocycles. The van der Waals surface area contributed by atoms with E-state index in [-0.39, 0.29) is 5.75 Å². The minimum Gasteiger partial charge on any atom is -0.355 e. The third kappa shape index (κ3) is 9.72. The second-order valence-corrected chi connectivity index (χ2v) is 5.90. The first kappa shape index (κ1) is 15.2. The van der Waals surface area contributed by atoms with E-state index >= 15 is 0 Å². The summed E-state index contributed by atoms with van der Waals surface area (Å²) < 4.78 is 21.7. The Bertz CT molecular complexity index is 301. The van der Waals surface area contributed by atoms with Crippen LogP contribution in [0.3, 0.4) is 0 Å². The third-order valence-corrected chi connectivity index (χ3v) is 2.93. The van der Waals surface area contributed by atoms with Crippen LogP contribution >= 0.6 is 0 Å². The van der Waals surface area contributed by atoms with Crippen molar-refractivity contribution in [2.45, 2.75) is 26.2 Å². The summed E-state index contributed by atoms with van der Waals surface area (Å²) in [6.45, 7) is 3.36. The number of nitrogens with zero attached hydrogens (tertiary/aromatic N) is 1. The topological polar surface area (TPSA) is 96.6 Å². The third-order valence-electron chi connectivity index (χ3n) is 1.90. The fourth-order valence-corrected chi connectivity index (χ4v) is 1.71. The SMILES string of the molecule is CCCCNC(=NCCCS(C)(=O)=O)NN. The Morgan fingerprint density at radius 3 is 2.56 bits per heavy atom. The largest absolute Gasteiger partial charge is 0.355 e.